The van der Waals surface area contributed by atoms with Gasteiger partial charge >= 0.3 is 0 Å². The van der Waals surface area contributed by atoms with Crippen molar-refractivity contribution < 1.29 is 9.84 Å². The van der Waals surface area contributed by atoms with Gasteiger partial charge in [0.2, 0.25) is 0 Å². The SMILES string of the molecule is CC(O)CN(CC12CC(c3nn[nH]n3)(CO1)C2)c1ccccc1. The van der Waals surface area contributed by atoms with E-state index in [4.69, 9.17) is 4.74 Å². The molecule has 1 aromatic heterocycles. The highest BCUT2D eigenvalue weighted by Crippen LogP contribution is 2.58. The smallest absolute Gasteiger partial charge is 0.183 e. The molecule has 3 aliphatic rings. The highest BCUT2D eigenvalue weighted by molar-refractivity contribution is 5.47. The monoisotopic (exact) mass is 315 g/mol. The molecule has 1 unspecified atom stereocenters. The van der Waals surface area contributed by atoms with Crippen LogP contribution in [0.2, 0.25) is 0 Å². The van der Waals surface area contributed by atoms with Crippen molar-refractivity contribution in [3.63, 3.8) is 0 Å². The molecule has 2 aliphatic heterocycles. The molecule has 2 N–H and O–H groups in total. The number of hydrogen-bond acceptors (Lipinski definition) is 6. The van der Waals surface area contributed by atoms with Crippen LogP contribution in [0.1, 0.15) is 25.6 Å². The number of tetrazole rings is 1. The zero-order valence-corrected chi connectivity index (χ0v) is 13.1. The number of aromatic amines is 1. The van der Waals surface area contributed by atoms with Crippen LogP contribution in [0.4, 0.5) is 5.69 Å². The van der Waals surface area contributed by atoms with E-state index < -0.39 is 6.10 Å². The number of aromatic nitrogens is 4. The van der Waals surface area contributed by atoms with Gasteiger partial charge in [-0.1, -0.05) is 23.4 Å². The molecule has 1 aliphatic carbocycles. The predicted octanol–water partition coefficient (Wildman–Crippen LogP) is 0.888. The minimum atomic E-state index is -0.393. The van der Waals surface area contributed by atoms with Crippen molar-refractivity contribution in [3.8, 4) is 0 Å². The third kappa shape index (κ3) is 2.49. The van der Waals surface area contributed by atoms with E-state index in [2.05, 4.69) is 37.7 Å². The van der Waals surface area contributed by atoms with Crippen LogP contribution >= 0.6 is 0 Å². The normalized spacial score (nSPS) is 30.0. The Morgan fingerprint density at radius 1 is 1.35 bits per heavy atom. The van der Waals surface area contributed by atoms with Crippen LogP contribution in [-0.4, -0.2) is 57.1 Å². The second-order valence-electron chi connectivity index (χ2n) is 6.91. The van der Waals surface area contributed by atoms with Gasteiger partial charge in [-0.05, 0) is 31.9 Å². The topological polar surface area (TPSA) is 87.2 Å². The maximum atomic E-state index is 9.84. The molecule has 23 heavy (non-hydrogen) atoms. The largest absolute Gasteiger partial charge is 0.392 e. The summed E-state index contributed by atoms with van der Waals surface area (Å²) in [5.74, 6) is 0.757. The second kappa shape index (κ2) is 5.28. The first kappa shape index (κ1) is 14.6. The van der Waals surface area contributed by atoms with Gasteiger partial charge in [0, 0.05) is 18.8 Å². The number of benzene rings is 1. The standard InChI is InChI=1S/C16H21N5O2/c1-12(22)7-21(13-5-3-2-4-6-13)10-16-8-15(9-16,11-23-16)14-17-19-20-18-14/h2-6,12,22H,7-11H2,1H3,(H,17,18,19,20). The summed E-state index contributed by atoms with van der Waals surface area (Å²) in [5.41, 5.74) is 0.848. The van der Waals surface area contributed by atoms with Gasteiger partial charge in [-0.2, -0.15) is 5.21 Å². The number of para-hydroxylation sites is 1. The minimum absolute atomic E-state index is 0.0831. The van der Waals surface area contributed by atoms with Gasteiger partial charge in [-0.15, -0.1) is 10.2 Å². The van der Waals surface area contributed by atoms with Crippen molar-refractivity contribution >= 4 is 5.69 Å². The molecule has 5 rings (SSSR count). The fraction of sp³-hybridized carbons (Fsp3) is 0.562. The van der Waals surface area contributed by atoms with Gasteiger partial charge in [0.05, 0.1) is 23.7 Å². The predicted molar refractivity (Wildman–Crippen MR) is 84.1 cm³/mol. The van der Waals surface area contributed by atoms with Gasteiger partial charge < -0.3 is 14.7 Å². The molecule has 0 amide bonds. The molecule has 0 radical (unpaired) electrons. The molecule has 3 heterocycles. The van der Waals surface area contributed by atoms with E-state index in [0.29, 0.717) is 13.2 Å². The Bertz CT molecular complexity index is 652. The van der Waals surface area contributed by atoms with Crippen LogP contribution in [0.25, 0.3) is 0 Å². The van der Waals surface area contributed by atoms with Crippen LogP contribution in [0.3, 0.4) is 0 Å². The van der Waals surface area contributed by atoms with E-state index in [1.54, 1.807) is 0 Å². The Hall–Kier alpha value is -1.99. The summed E-state index contributed by atoms with van der Waals surface area (Å²) >= 11 is 0. The molecule has 2 aromatic rings. The van der Waals surface area contributed by atoms with Crippen LogP contribution in [0, 0.1) is 0 Å². The van der Waals surface area contributed by atoms with Crippen LogP contribution < -0.4 is 4.90 Å². The summed E-state index contributed by atoms with van der Waals surface area (Å²) in [4.78, 5) is 2.20. The summed E-state index contributed by atoms with van der Waals surface area (Å²) in [6.45, 7) is 3.81. The Balaban J connectivity index is 1.51. The number of ether oxygens (including phenoxy) is 1. The van der Waals surface area contributed by atoms with E-state index in [1.807, 2.05) is 25.1 Å². The minimum Gasteiger partial charge on any atom is -0.392 e. The van der Waals surface area contributed by atoms with Crippen molar-refractivity contribution in [1.29, 1.82) is 0 Å². The number of nitrogens with one attached hydrogen (secondary N) is 1. The molecule has 1 aromatic carbocycles. The Labute approximate surface area is 134 Å². The fourth-order valence-corrected chi connectivity index (χ4v) is 4.01. The number of aliphatic hydroxyl groups is 1. The molecule has 1 saturated carbocycles. The quantitative estimate of drug-likeness (QED) is 0.823. The van der Waals surface area contributed by atoms with E-state index in [9.17, 15) is 5.11 Å². The summed E-state index contributed by atoms with van der Waals surface area (Å²) in [6.07, 6.45) is 1.42. The van der Waals surface area contributed by atoms with Crippen molar-refractivity contribution in [2.45, 2.75) is 36.9 Å². The van der Waals surface area contributed by atoms with Gasteiger partial charge in [0.25, 0.3) is 0 Å². The molecule has 0 spiro atoms. The number of anilines is 1. The van der Waals surface area contributed by atoms with E-state index in [1.165, 1.54) is 0 Å². The Kier molecular flexibility index (Phi) is 3.35. The van der Waals surface area contributed by atoms with Gasteiger partial charge in [0.15, 0.2) is 5.82 Å². The third-order valence-electron chi connectivity index (χ3n) is 4.88. The maximum absolute atomic E-state index is 9.84. The third-order valence-corrected chi connectivity index (χ3v) is 4.88. The average Bonchev–Trinajstić information content (AvgIpc) is 3.21. The van der Waals surface area contributed by atoms with Crippen molar-refractivity contribution in [2.24, 2.45) is 0 Å². The lowest BCUT2D eigenvalue weighted by Gasteiger charge is -2.45. The molecule has 7 nitrogen and oxygen atoms in total. The summed E-state index contributed by atoms with van der Waals surface area (Å²) < 4.78 is 6.13. The van der Waals surface area contributed by atoms with Gasteiger partial charge in [-0.25, -0.2) is 0 Å². The number of fused-ring (bicyclic) bond motifs is 1. The van der Waals surface area contributed by atoms with Crippen LogP contribution in [-0.2, 0) is 10.2 Å². The number of hydrogen-bond donors (Lipinski definition) is 2. The molecule has 2 saturated heterocycles. The van der Waals surface area contributed by atoms with Crippen molar-refractivity contribution in [1.82, 2.24) is 20.6 Å². The first-order valence-electron chi connectivity index (χ1n) is 7.97. The highest BCUT2D eigenvalue weighted by Gasteiger charge is 2.65. The maximum Gasteiger partial charge on any atom is 0.183 e. The number of H-pyrrole nitrogens is 1. The second-order valence-corrected chi connectivity index (χ2v) is 6.91. The summed E-state index contributed by atoms with van der Waals surface area (Å²) in [6, 6.07) is 10.2. The van der Waals surface area contributed by atoms with Gasteiger partial charge in [0.1, 0.15) is 0 Å². The average molecular weight is 315 g/mol. The summed E-state index contributed by atoms with van der Waals surface area (Å²) in [7, 11) is 0. The Morgan fingerprint density at radius 2 is 2.13 bits per heavy atom. The zero-order chi connectivity index (χ0) is 15.9. The van der Waals surface area contributed by atoms with Crippen molar-refractivity contribution in [3.05, 3.63) is 36.2 Å². The number of rotatable bonds is 6. The molecule has 2 bridgehead atoms. The molecule has 122 valence electrons. The first-order valence-corrected chi connectivity index (χ1v) is 7.97. The molecule has 3 fully saturated rings. The van der Waals surface area contributed by atoms with Crippen molar-refractivity contribution in [2.75, 3.05) is 24.6 Å². The lowest BCUT2D eigenvalue weighted by Crippen LogP contribution is -2.54. The molecular formula is C16H21N5O2. The lowest BCUT2D eigenvalue weighted by molar-refractivity contribution is 0.00228. The molecular weight excluding hydrogens is 294 g/mol. The summed E-state index contributed by atoms with van der Waals surface area (Å²) in [5, 5.41) is 24.3. The first-order chi connectivity index (χ1) is 11.1. The Morgan fingerprint density at radius 3 is 2.78 bits per heavy atom. The highest BCUT2D eigenvalue weighted by atomic mass is 16.5. The molecule has 7 heteroatoms. The van der Waals surface area contributed by atoms with E-state index in [0.717, 1.165) is 30.9 Å². The van der Waals surface area contributed by atoms with Crippen LogP contribution in [0.5, 0.6) is 0 Å². The molecule has 1 atom stereocenters. The number of aliphatic hydroxyl groups excluding tert-OH is 1. The number of nitrogens with zero attached hydrogens (tertiary/aromatic N) is 4. The van der Waals surface area contributed by atoms with Crippen LogP contribution in [0.15, 0.2) is 30.3 Å². The van der Waals surface area contributed by atoms with Gasteiger partial charge in [-0.3, -0.25) is 0 Å². The van der Waals surface area contributed by atoms with E-state index in [-0.39, 0.29) is 11.0 Å². The van der Waals surface area contributed by atoms with E-state index >= 15 is 0 Å². The fourth-order valence-electron chi connectivity index (χ4n) is 4.01. The zero-order valence-electron chi connectivity index (χ0n) is 13.1. The lowest BCUT2D eigenvalue weighted by atomic mass is 9.62.